The molecule has 5 nitrogen and oxygen atoms in total. The molecule has 1 saturated heterocycles. The zero-order valence-electron chi connectivity index (χ0n) is 12.0. The van der Waals surface area contributed by atoms with E-state index in [1.807, 2.05) is 28.8 Å². The summed E-state index contributed by atoms with van der Waals surface area (Å²) in [4.78, 5) is 25.3. The van der Waals surface area contributed by atoms with Gasteiger partial charge in [-0.1, -0.05) is 0 Å². The first-order valence-electron chi connectivity index (χ1n) is 7.05. The van der Waals surface area contributed by atoms with Gasteiger partial charge in [0.15, 0.2) is 5.13 Å². The number of anilines is 1. The zero-order valence-corrected chi connectivity index (χ0v) is 13.6. The van der Waals surface area contributed by atoms with Crippen molar-refractivity contribution in [3.8, 4) is 0 Å². The third-order valence-corrected chi connectivity index (χ3v) is 5.19. The molecule has 0 saturated carbocycles. The van der Waals surface area contributed by atoms with Crippen LogP contribution in [0.2, 0.25) is 0 Å². The van der Waals surface area contributed by atoms with Crippen LogP contribution in [0.3, 0.4) is 0 Å². The molecule has 7 heteroatoms. The Labute approximate surface area is 132 Å². The van der Waals surface area contributed by atoms with Crippen molar-refractivity contribution in [3.63, 3.8) is 0 Å². The molecule has 0 spiro atoms. The summed E-state index contributed by atoms with van der Waals surface area (Å²) in [5, 5.41) is 6.05. The quantitative estimate of drug-likeness (QED) is 0.869. The van der Waals surface area contributed by atoms with Crippen molar-refractivity contribution in [3.05, 3.63) is 27.7 Å². The normalized spacial score (nSPS) is 16.0. The number of thiazole rings is 2. The molecule has 3 rings (SSSR count). The number of rotatable bonds is 3. The summed E-state index contributed by atoms with van der Waals surface area (Å²) in [5.41, 5.74) is 0.892. The Morgan fingerprint density at radius 2 is 2.19 bits per heavy atom. The lowest BCUT2D eigenvalue weighted by atomic mass is 10.3. The number of hydrogen-bond donors (Lipinski definition) is 0. The van der Waals surface area contributed by atoms with E-state index in [-0.39, 0.29) is 5.91 Å². The van der Waals surface area contributed by atoms with Gasteiger partial charge in [0.1, 0.15) is 0 Å². The van der Waals surface area contributed by atoms with Crippen LogP contribution in [0.1, 0.15) is 17.1 Å². The van der Waals surface area contributed by atoms with E-state index >= 15 is 0 Å². The van der Waals surface area contributed by atoms with Crippen molar-refractivity contribution in [2.75, 3.05) is 31.1 Å². The van der Waals surface area contributed by atoms with Gasteiger partial charge in [-0.3, -0.25) is 4.79 Å². The SMILES string of the molecule is Cc1nc(CC(=O)N2CCCN(c3nccs3)CC2)cs1. The molecular weight excluding hydrogens is 304 g/mol. The van der Waals surface area contributed by atoms with Crippen LogP contribution in [-0.2, 0) is 11.2 Å². The number of hydrogen-bond acceptors (Lipinski definition) is 6. The fourth-order valence-electron chi connectivity index (χ4n) is 2.49. The predicted molar refractivity (Wildman–Crippen MR) is 86.1 cm³/mol. The topological polar surface area (TPSA) is 49.3 Å². The zero-order chi connectivity index (χ0) is 14.7. The van der Waals surface area contributed by atoms with E-state index in [1.54, 1.807) is 22.7 Å². The molecule has 0 aliphatic carbocycles. The summed E-state index contributed by atoms with van der Waals surface area (Å²) >= 11 is 3.26. The fourth-order valence-corrected chi connectivity index (χ4v) is 3.80. The number of amides is 1. The molecular formula is C14H18N4OS2. The summed E-state index contributed by atoms with van der Waals surface area (Å²) in [6.07, 6.45) is 3.24. The molecule has 2 aromatic heterocycles. The van der Waals surface area contributed by atoms with Crippen LogP contribution in [0.4, 0.5) is 5.13 Å². The lowest BCUT2D eigenvalue weighted by molar-refractivity contribution is -0.130. The average Bonchev–Trinajstić information content (AvgIpc) is 3.06. The molecule has 1 amide bonds. The van der Waals surface area contributed by atoms with E-state index in [0.717, 1.165) is 48.4 Å². The highest BCUT2D eigenvalue weighted by Gasteiger charge is 2.20. The van der Waals surface area contributed by atoms with Crippen LogP contribution in [-0.4, -0.2) is 47.0 Å². The monoisotopic (exact) mass is 322 g/mol. The molecule has 1 aliphatic heterocycles. The van der Waals surface area contributed by atoms with Gasteiger partial charge < -0.3 is 9.80 Å². The van der Waals surface area contributed by atoms with Crippen molar-refractivity contribution in [1.82, 2.24) is 14.9 Å². The van der Waals surface area contributed by atoms with E-state index in [2.05, 4.69) is 14.9 Å². The molecule has 0 radical (unpaired) electrons. The Balaban J connectivity index is 1.58. The number of nitrogens with zero attached hydrogens (tertiary/aromatic N) is 4. The molecule has 1 aliphatic rings. The molecule has 3 heterocycles. The second-order valence-electron chi connectivity index (χ2n) is 5.07. The Hall–Kier alpha value is -1.47. The van der Waals surface area contributed by atoms with E-state index in [9.17, 15) is 4.79 Å². The summed E-state index contributed by atoms with van der Waals surface area (Å²) in [5.74, 6) is 0.182. The first-order valence-corrected chi connectivity index (χ1v) is 8.81. The number of carbonyl (C=O) groups is 1. The van der Waals surface area contributed by atoms with Gasteiger partial charge in [-0.25, -0.2) is 9.97 Å². The first-order chi connectivity index (χ1) is 10.2. The van der Waals surface area contributed by atoms with Gasteiger partial charge in [0.05, 0.1) is 17.1 Å². The maximum absolute atomic E-state index is 12.4. The average molecular weight is 322 g/mol. The number of aromatic nitrogens is 2. The molecule has 0 unspecified atom stereocenters. The third kappa shape index (κ3) is 3.59. The summed E-state index contributed by atoms with van der Waals surface area (Å²) in [7, 11) is 0. The number of aryl methyl sites for hydroxylation is 1. The summed E-state index contributed by atoms with van der Waals surface area (Å²) in [6, 6.07) is 0. The van der Waals surface area contributed by atoms with Crippen LogP contribution in [0.5, 0.6) is 0 Å². The molecule has 21 heavy (non-hydrogen) atoms. The van der Waals surface area contributed by atoms with Gasteiger partial charge in [0.2, 0.25) is 5.91 Å². The minimum Gasteiger partial charge on any atom is -0.346 e. The van der Waals surface area contributed by atoms with E-state index in [1.165, 1.54) is 0 Å². The Bertz CT molecular complexity index is 596. The largest absolute Gasteiger partial charge is 0.346 e. The van der Waals surface area contributed by atoms with Gasteiger partial charge in [0.25, 0.3) is 0 Å². The summed E-state index contributed by atoms with van der Waals surface area (Å²) < 4.78 is 0. The lowest BCUT2D eigenvalue weighted by Crippen LogP contribution is -2.36. The Morgan fingerprint density at radius 3 is 2.90 bits per heavy atom. The molecule has 0 bridgehead atoms. The summed E-state index contributed by atoms with van der Waals surface area (Å²) in [6.45, 7) is 5.38. The van der Waals surface area contributed by atoms with E-state index in [4.69, 9.17) is 0 Å². The van der Waals surface area contributed by atoms with Crippen LogP contribution in [0, 0.1) is 6.92 Å². The molecule has 0 aromatic carbocycles. The molecule has 0 N–H and O–H groups in total. The Kier molecular flexibility index (Phi) is 4.50. The highest BCUT2D eigenvalue weighted by Crippen LogP contribution is 2.19. The van der Waals surface area contributed by atoms with Gasteiger partial charge in [-0.15, -0.1) is 22.7 Å². The fraction of sp³-hybridized carbons (Fsp3) is 0.500. The van der Waals surface area contributed by atoms with Crippen LogP contribution < -0.4 is 4.90 Å². The Morgan fingerprint density at radius 1 is 1.29 bits per heavy atom. The lowest BCUT2D eigenvalue weighted by Gasteiger charge is -2.21. The number of carbonyl (C=O) groups excluding carboxylic acids is 1. The minimum absolute atomic E-state index is 0.182. The second kappa shape index (κ2) is 6.53. The van der Waals surface area contributed by atoms with Gasteiger partial charge >= 0.3 is 0 Å². The van der Waals surface area contributed by atoms with Crippen LogP contribution >= 0.6 is 22.7 Å². The molecule has 112 valence electrons. The standard InChI is InChI=1S/C14H18N4OS2/c1-11-16-12(10-21-11)9-13(19)17-4-2-5-18(7-6-17)14-15-3-8-20-14/h3,8,10H,2,4-7,9H2,1H3. The maximum atomic E-state index is 12.4. The van der Waals surface area contributed by atoms with Crippen molar-refractivity contribution in [1.29, 1.82) is 0 Å². The van der Waals surface area contributed by atoms with Crippen LogP contribution in [0.15, 0.2) is 17.0 Å². The third-order valence-electron chi connectivity index (χ3n) is 3.54. The van der Waals surface area contributed by atoms with Crippen LogP contribution in [0.25, 0.3) is 0 Å². The molecule has 2 aromatic rings. The highest BCUT2D eigenvalue weighted by atomic mass is 32.1. The minimum atomic E-state index is 0.182. The van der Waals surface area contributed by atoms with Crippen molar-refractivity contribution in [2.24, 2.45) is 0 Å². The van der Waals surface area contributed by atoms with Crippen molar-refractivity contribution >= 4 is 33.7 Å². The molecule has 1 fully saturated rings. The predicted octanol–water partition coefficient (Wildman–Crippen LogP) is 2.19. The smallest absolute Gasteiger partial charge is 0.228 e. The van der Waals surface area contributed by atoms with Gasteiger partial charge in [-0.2, -0.15) is 0 Å². The van der Waals surface area contributed by atoms with Gasteiger partial charge in [0, 0.05) is 43.1 Å². The van der Waals surface area contributed by atoms with E-state index < -0.39 is 0 Å². The second-order valence-corrected chi connectivity index (χ2v) is 7.01. The maximum Gasteiger partial charge on any atom is 0.228 e. The van der Waals surface area contributed by atoms with Crippen molar-refractivity contribution in [2.45, 2.75) is 19.8 Å². The molecule has 0 atom stereocenters. The highest BCUT2D eigenvalue weighted by molar-refractivity contribution is 7.13. The van der Waals surface area contributed by atoms with Crippen molar-refractivity contribution < 1.29 is 4.79 Å². The first kappa shape index (κ1) is 14.5. The van der Waals surface area contributed by atoms with Gasteiger partial charge in [-0.05, 0) is 13.3 Å². The van der Waals surface area contributed by atoms with E-state index in [0.29, 0.717) is 6.42 Å².